The number of fused-ring (bicyclic) bond motifs is 1. The second kappa shape index (κ2) is 4.55. The highest BCUT2D eigenvalue weighted by molar-refractivity contribution is 5.90. The Morgan fingerprint density at radius 1 is 1.11 bits per heavy atom. The van der Waals surface area contributed by atoms with Gasteiger partial charge in [0, 0.05) is 17.1 Å². The predicted octanol–water partition coefficient (Wildman–Crippen LogP) is 3.94. The highest BCUT2D eigenvalue weighted by Gasteiger charge is 2.34. The molecule has 0 amide bonds. The Kier molecular flexibility index (Phi) is 2.71. The van der Waals surface area contributed by atoms with Gasteiger partial charge in [-0.1, -0.05) is 18.9 Å². The van der Waals surface area contributed by atoms with E-state index < -0.39 is 0 Å². The number of nitrogens with one attached hydrogen (secondary N) is 2. The van der Waals surface area contributed by atoms with E-state index in [0.29, 0.717) is 6.04 Å². The first-order valence-electron chi connectivity index (χ1n) is 7.59. The average Bonchev–Trinajstić information content (AvgIpc) is 3.17. The van der Waals surface area contributed by atoms with Gasteiger partial charge in [0.1, 0.15) is 0 Å². The minimum Gasteiger partial charge on any atom is -0.382 e. The van der Waals surface area contributed by atoms with Gasteiger partial charge >= 0.3 is 0 Å². The van der Waals surface area contributed by atoms with Gasteiger partial charge in [0.15, 0.2) is 0 Å². The summed E-state index contributed by atoms with van der Waals surface area (Å²) in [5.41, 5.74) is 2.37. The van der Waals surface area contributed by atoms with Gasteiger partial charge in [0.2, 0.25) is 0 Å². The topological polar surface area (TPSA) is 40.7 Å². The standard InChI is InChI=1S/C16H21N3/c1-3-12(11-7-8-11)9-13(4-1)18-15-5-2-6-16-14(15)10-17-19-16/h2,5-6,10-13,18H,1,3-4,7-9H2,(H,17,19). The van der Waals surface area contributed by atoms with E-state index in [1.54, 1.807) is 0 Å². The summed E-state index contributed by atoms with van der Waals surface area (Å²) >= 11 is 0. The number of rotatable bonds is 3. The van der Waals surface area contributed by atoms with Gasteiger partial charge in [0.05, 0.1) is 11.7 Å². The Morgan fingerprint density at radius 3 is 2.95 bits per heavy atom. The van der Waals surface area contributed by atoms with E-state index >= 15 is 0 Å². The van der Waals surface area contributed by atoms with Crippen molar-refractivity contribution in [3.63, 3.8) is 0 Å². The van der Waals surface area contributed by atoms with E-state index in [9.17, 15) is 0 Å². The Hall–Kier alpha value is -1.51. The molecular formula is C16H21N3. The molecule has 1 heterocycles. The van der Waals surface area contributed by atoms with Crippen LogP contribution in [0.2, 0.25) is 0 Å². The van der Waals surface area contributed by atoms with Gasteiger partial charge in [-0.25, -0.2) is 0 Å². The number of H-pyrrole nitrogens is 1. The van der Waals surface area contributed by atoms with Crippen molar-refractivity contribution < 1.29 is 0 Å². The molecule has 19 heavy (non-hydrogen) atoms. The summed E-state index contributed by atoms with van der Waals surface area (Å²) in [6, 6.07) is 7.02. The van der Waals surface area contributed by atoms with E-state index in [0.717, 1.165) is 17.4 Å². The van der Waals surface area contributed by atoms with Gasteiger partial charge in [-0.2, -0.15) is 5.10 Å². The lowest BCUT2D eigenvalue weighted by atomic mass is 9.82. The fourth-order valence-corrected chi connectivity index (χ4v) is 3.67. The summed E-state index contributed by atoms with van der Waals surface area (Å²) in [7, 11) is 0. The van der Waals surface area contributed by atoms with Gasteiger partial charge in [-0.05, 0) is 49.7 Å². The van der Waals surface area contributed by atoms with Gasteiger partial charge in [0.25, 0.3) is 0 Å². The molecule has 2 aliphatic rings. The van der Waals surface area contributed by atoms with Crippen molar-refractivity contribution >= 4 is 16.6 Å². The first kappa shape index (κ1) is 11.3. The molecule has 2 atom stereocenters. The van der Waals surface area contributed by atoms with E-state index in [1.165, 1.54) is 49.6 Å². The van der Waals surface area contributed by atoms with Crippen molar-refractivity contribution in [3.8, 4) is 0 Å². The molecule has 2 fully saturated rings. The molecule has 2 unspecified atom stereocenters. The number of nitrogens with zero attached hydrogens (tertiary/aromatic N) is 1. The third-order valence-electron chi connectivity index (χ3n) is 4.85. The molecule has 3 heteroatoms. The summed E-state index contributed by atoms with van der Waals surface area (Å²) in [6.45, 7) is 0. The smallest absolute Gasteiger partial charge is 0.0671 e. The Labute approximate surface area is 113 Å². The zero-order chi connectivity index (χ0) is 12.7. The maximum absolute atomic E-state index is 4.14. The monoisotopic (exact) mass is 255 g/mol. The third-order valence-corrected chi connectivity index (χ3v) is 4.85. The molecule has 0 saturated heterocycles. The van der Waals surface area contributed by atoms with Crippen LogP contribution in [0.3, 0.4) is 0 Å². The average molecular weight is 255 g/mol. The number of hydrogen-bond donors (Lipinski definition) is 2. The molecule has 4 rings (SSSR count). The van der Waals surface area contributed by atoms with Crippen molar-refractivity contribution in [2.24, 2.45) is 11.8 Å². The molecular weight excluding hydrogens is 234 g/mol. The van der Waals surface area contributed by atoms with Crippen LogP contribution >= 0.6 is 0 Å². The van der Waals surface area contributed by atoms with Crippen molar-refractivity contribution in [1.29, 1.82) is 0 Å². The molecule has 2 N–H and O–H groups in total. The van der Waals surface area contributed by atoms with Crippen molar-refractivity contribution in [1.82, 2.24) is 10.2 Å². The molecule has 100 valence electrons. The first-order chi connectivity index (χ1) is 9.40. The lowest BCUT2D eigenvalue weighted by Crippen LogP contribution is -2.28. The van der Waals surface area contributed by atoms with Crippen molar-refractivity contribution in [3.05, 3.63) is 24.4 Å². The Balaban J connectivity index is 1.52. The molecule has 0 bridgehead atoms. The number of anilines is 1. The van der Waals surface area contributed by atoms with Crippen LogP contribution in [0.1, 0.15) is 38.5 Å². The molecule has 2 aromatic rings. The molecule has 3 nitrogen and oxygen atoms in total. The number of aromatic nitrogens is 2. The fraction of sp³-hybridized carbons (Fsp3) is 0.562. The zero-order valence-corrected chi connectivity index (χ0v) is 11.2. The van der Waals surface area contributed by atoms with Crippen LogP contribution in [-0.4, -0.2) is 16.2 Å². The van der Waals surface area contributed by atoms with Crippen molar-refractivity contribution in [2.75, 3.05) is 5.32 Å². The highest BCUT2D eigenvalue weighted by atomic mass is 15.1. The molecule has 2 saturated carbocycles. The normalized spacial score (nSPS) is 27.6. The van der Waals surface area contributed by atoms with Crippen LogP contribution in [-0.2, 0) is 0 Å². The SMILES string of the molecule is c1cc(NC2CCCC(C3CC3)C2)c2cn[nH]c2c1. The van der Waals surface area contributed by atoms with E-state index in [2.05, 4.69) is 33.7 Å². The lowest BCUT2D eigenvalue weighted by Gasteiger charge is -2.30. The summed E-state index contributed by atoms with van der Waals surface area (Å²) < 4.78 is 0. The number of aromatic amines is 1. The minimum atomic E-state index is 0.653. The predicted molar refractivity (Wildman–Crippen MR) is 78.2 cm³/mol. The first-order valence-corrected chi connectivity index (χ1v) is 7.59. The van der Waals surface area contributed by atoms with Gasteiger partial charge < -0.3 is 5.32 Å². The molecule has 0 aliphatic heterocycles. The quantitative estimate of drug-likeness (QED) is 0.872. The number of benzene rings is 1. The van der Waals surface area contributed by atoms with Gasteiger partial charge in [-0.15, -0.1) is 0 Å². The van der Waals surface area contributed by atoms with E-state index in [4.69, 9.17) is 0 Å². The maximum Gasteiger partial charge on any atom is 0.0671 e. The zero-order valence-electron chi connectivity index (χ0n) is 11.2. The molecule has 1 aromatic carbocycles. The van der Waals surface area contributed by atoms with Crippen LogP contribution in [0.15, 0.2) is 24.4 Å². The second-order valence-electron chi connectivity index (χ2n) is 6.24. The largest absolute Gasteiger partial charge is 0.382 e. The summed E-state index contributed by atoms with van der Waals surface area (Å²) in [5, 5.41) is 12.2. The molecule has 0 radical (unpaired) electrons. The minimum absolute atomic E-state index is 0.653. The van der Waals surface area contributed by atoms with Crippen LogP contribution in [0.4, 0.5) is 5.69 Å². The molecule has 2 aliphatic carbocycles. The lowest BCUT2D eigenvalue weighted by molar-refractivity contribution is 0.303. The highest BCUT2D eigenvalue weighted by Crippen LogP contribution is 2.44. The Morgan fingerprint density at radius 2 is 2.05 bits per heavy atom. The Bertz CT molecular complexity index is 570. The summed E-state index contributed by atoms with van der Waals surface area (Å²) in [6.07, 6.45) is 10.4. The van der Waals surface area contributed by atoms with E-state index in [1.807, 2.05) is 6.20 Å². The summed E-state index contributed by atoms with van der Waals surface area (Å²) in [5.74, 6) is 2.03. The van der Waals surface area contributed by atoms with Crippen LogP contribution in [0.25, 0.3) is 10.9 Å². The molecule has 1 aromatic heterocycles. The summed E-state index contributed by atoms with van der Waals surface area (Å²) in [4.78, 5) is 0. The fourth-order valence-electron chi connectivity index (χ4n) is 3.67. The van der Waals surface area contributed by atoms with Crippen LogP contribution < -0.4 is 5.32 Å². The number of hydrogen-bond acceptors (Lipinski definition) is 2. The maximum atomic E-state index is 4.14. The van der Waals surface area contributed by atoms with E-state index in [-0.39, 0.29) is 0 Å². The van der Waals surface area contributed by atoms with Crippen molar-refractivity contribution in [2.45, 2.75) is 44.6 Å². The van der Waals surface area contributed by atoms with Gasteiger partial charge in [-0.3, -0.25) is 5.10 Å². The second-order valence-corrected chi connectivity index (χ2v) is 6.24. The molecule has 0 spiro atoms. The third kappa shape index (κ3) is 2.22. The van der Waals surface area contributed by atoms with Crippen LogP contribution in [0.5, 0.6) is 0 Å². The van der Waals surface area contributed by atoms with Crippen LogP contribution in [0, 0.1) is 11.8 Å².